The minimum atomic E-state index is 0.767. The first kappa shape index (κ1) is 10.9. The molecule has 0 amide bonds. The van der Waals surface area contributed by atoms with Gasteiger partial charge in [-0.3, -0.25) is 0 Å². The minimum Gasteiger partial charge on any atom is -0.369 e. The van der Waals surface area contributed by atoms with Crippen molar-refractivity contribution in [2.45, 2.75) is 18.1 Å². The SMILES string of the molecule is c1ccc2nc(NCC3CCCS3)ccc2c1. The summed E-state index contributed by atoms with van der Waals surface area (Å²) < 4.78 is 0. The summed E-state index contributed by atoms with van der Waals surface area (Å²) in [7, 11) is 0. The number of pyridine rings is 1. The number of hydrogen-bond acceptors (Lipinski definition) is 3. The lowest BCUT2D eigenvalue weighted by atomic mass is 10.2. The van der Waals surface area contributed by atoms with Gasteiger partial charge < -0.3 is 5.32 Å². The monoisotopic (exact) mass is 244 g/mol. The fraction of sp³-hybridized carbons (Fsp3) is 0.357. The molecule has 0 saturated carbocycles. The van der Waals surface area contributed by atoms with E-state index in [9.17, 15) is 0 Å². The Morgan fingerprint density at radius 1 is 1.24 bits per heavy atom. The standard InChI is InChI=1S/C14H16N2S/c1-2-6-13-11(4-1)7-8-14(16-13)15-10-12-5-3-9-17-12/h1-2,4,6-8,12H,3,5,9-10H2,(H,15,16). The van der Waals surface area contributed by atoms with E-state index in [-0.39, 0.29) is 0 Å². The van der Waals surface area contributed by atoms with Crippen molar-refractivity contribution in [1.82, 2.24) is 4.98 Å². The molecule has 1 aliphatic rings. The number of thioether (sulfide) groups is 1. The van der Waals surface area contributed by atoms with Crippen LogP contribution in [0.3, 0.4) is 0 Å². The summed E-state index contributed by atoms with van der Waals surface area (Å²) in [5.74, 6) is 2.31. The van der Waals surface area contributed by atoms with Crippen LogP contribution in [0.15, 0.2) is 36.4 Å². The highest BCUT2D eigenvalue weighted by atomic mass is 32.2. The molecule has 0 spiro atoms. The number of hydrogen-bond donors (Lipinski definition) is 1. The van der Waals surface area contributed by atoms with Crippen molar-refractivity contribution in [1.29, 1.82) is 0 Å². The average molecular weight is 244 g/mol. The van der Waals surface area contributed by atoms with E-state index in [0.29, 0.717) is 0 Å². The predicted molar refractivity (Wildman–Crippen MR) is 75.7 cm³/mol. The predicted octanol–water partition coefficient (Wildman–Crippen LogP) is 3.54. The van der Waals surface area contributed by atoms with Crippen molar-refractivity contribution in [3.05, 3.63) is 36.4 Å². The van der Waals surface area contributed by atoms with Gasteiger partial charge in [0.1, 0.15) is 5.82 Å². The van der Waals surface area contributed by atoms with E-state index in [4.69, 9.17) is 0 Å². The highest BCUT2D eigenvalue weighted by Gasteiger charge is 2.14. The van der Waals surface area contributed by atoms with Gasteiger partial charge in [-0.2, -0.15) is 11.8 Å². The summed E-state index contributed by atoms with van der Waals surface area (Å²) in [4.78, 5) is 4.62. The Bertz CT molecular complexity index is 506. The topological polar surface area (TPSA) is 24.9 Å². The highest BCUT2D eigenvalue weighted by molar-refractivity contribution is 8.00. The zero-order valence-electron chi connectivity index (χ0n) is 9.73. The second kappa shape index (κ2) is 4.96. The van der Waals surface area contributed by atoms with Crippen LogP contribution in [0, 0.1) is 0 Å². The lowest BCUT2D eigenvalue weighted by Gasteiger charge is -2.11. The van der Waals surface area contributed by atoms with Crippen LogP contribution in [0.25, 0.3) is 10.9 Å². The third-order valence-corrected chi connectivity index (χ3v) is 4.53. The Kier molecular flexibility index (Phi) is 3.18. The van der Waals surface area contributed by atoms with Crippen LogP contribution in [0.4, 0.5) is 5.82 Å². The van der Waals surface area contributed by atoms with Crippen molar-refractivity contribution < 1.29 is 0 Å². The molecule has 3 rings (SSSR count). The van der Waals surface area contributed by atoms with E-state index >= 15 is 0 Å². The van der Waals surface area contributed by atoms with E-state index in [1.54, 1.807) is 0 Å². The summed E-state index contributed by atoms with van der Waals surface area (Å²) in [5, 5.41) is 5.42. The number of nitrogens with zero attached hydrogens (tertiary/aromatic N) is 1. The fourth-order valence-electron chi connectivity index (χ4n) is 2.19. The molecule has 2 heterocycles. The maximum Gasteiger partial charge on any atom is 0.126 e. The molecule has 0 aliphatic carbocycles. The number of nitrogens with one attached hydrogen (secondary N) is 1. The van der Waals surface area contributed by atoms with Gasteiger partial charge in [-0.1, -0.05) is 18.2 Å². The van der Waals surface area contributed by atoms with E-state index in [1.165, 1.54) is 24.0 Å². The lowest BCUT2D eigenvalue weighted by Crippen LogP contribution is -2.14. The number of rotatable bonds is 3. The summed E-state index contributed by atoms with van der Waals surface area (Å²) >= 11 is 2.07. The van der Waals surface area contributed by atoms with Crippen LogP contribution in [0.1, 0.15) is 12.8 Å². The minimum absolute atomic E-state index is 0.767. The first-order chi connectivity index (χ1) is 8.42. The number of para-hydroxylation sites is 1. The van der Waals surface area contributed by atoms with Crippen molar-refractivity contribution in [2.24, 2.45) is 0 Å². The van der Waals surface area contributed by atoms with Crippen LogP contribution in [0.5, 0.6) is 0 Å². The molecule has 1 aromatic heterocycles. The van der Waals surface area contributed by atoms with Gasteiger partial charge in [0.25, 0.3) is 0 Å². The van der Waals surface area contributed by atoms with Gasteiger partial charge in [0.2, 0.25) is 0 Å². The summed E-state index contributed by atoms with van der Waals surface area (Å²) in [6, 6.07) is 12.4. The van der Waals surface area contributed by atoms with Gasteiger partial charge in [-0.05, 0) is 36.8 Å². The van der Waals surface area contributed by atoms with E-state index in [2.05, 4.69) is 46.3 Å². The fourth-order valence-corrected chi connectivity index (χ4v) is 3.39. The van der Waals surface area contributed by atoms with Gasteiger partial charge in [0.15, 0.2) is 0 Å². The summed E-state index contributed by atoms with van der Waals surface area (Å²) in [6.45, 7) is 1.04. The molecule has 1 N–H and O–H groups in total. The van der Waals surface area contributed by atoms with Crippen LogP contribution in [0.2, 0.25) is 0 Å². The Morgan fingerprint density at radius 3 is 3.06 bits per heavy atom. The first-order valence-electron chi connectivity index (χ1n) is 6.13. The molecule has 1 fully saturated rings. The smallest absolute Gasteiger partial charge is 0.126 e. The van der Waals surface area contributed by atoms with Gasteiger partial charge in [-0.25, -0.2) is 4.98 Å². The van der Waals surface area contributed by atoms with Crippen LogP contribution in [-0.4, -0.2) is 22.5 Å². The molecule has 1 aromatic carbocycles. The Balaban J connectivity index is 1.72. The van der Waals surface area contributed by atoms with Crippen molar-refractivity contribution in [3.8, 4) is 0 Å². The van der Waals surface area contributed by atoms with Crippen LogP contribution in [-0.2, 0) is 0 Å². The molecule has 2 nitrogen and oxygen atoms in total. The number of fused-ring (bicyclic) bond motifs is 1. The second-order valence-electron chi connectivity index (χ2n) is 4.41. The maximum absolute atomic E-state index is 4.62. The normalized spacial score (nSPS) is 19.6. The highest BCUT2D eigenvalue weighted by Crippen LogP contribution is 2.26. The van der Waals surface area contributed by atoms with Gasteiger partial charge in [0.05, 0.1) is 5.52 Å². The number of benzene rings is 1. The quantitative estimate of drug-likeness (QED) is 0.894. The summed E-state index contributed by atoms with van der Waals surface area (Å²) in [5.41, 5.74) is 1.07. The molecule has 1 atom stereocenters. The zero-order valence-corrected chi connectivity index (χ0v) is 10.5. The van der Waals surface area contributed by atoms with Crippen molar-refractivity contribution >= 4 is 28.5 Å². The molecular formula is C14H16N2S. The Morgan fingerprint density at radius 2 is 2.18 bits per heavy atom. The maximum atomic E-state index is 4.62. The molecule has 0 bridgehead atoms. The average Bonchev–Trinajstić information content (AvgIpc) is 2.89. The zero-order chi connectivity index (χ0) is 11.5. The van der Waals surface area contributed by atoms with Gasteiger partial charge in [0, 0.05) is 17.2 Å². The third kappa shape index (κ3) is 2.55. The molecule has 3 heteroatoms. The Labute approximate surface area is 106 Å². The van der Waals surface area contributed by atoms with Crippen molar-refractivity contribution in [3.63, 3.8) is 0 Å². The molecule has 0 radical (unpaired) electrons. The molecule has 88 valence electrons. The van der Waals surface area contributed by atoms with Gasteiger partial charge in [-0.15, -0.1) is 0 Å². The first-order valence-corrected chi connectivity index (χ1v) is 7.18. The molecule has 17 heavy (non-hydrogen) atoms. The van der Waals surface area contributed by atoms with Gasteiger partial charge >= 0.3 is 0 Å². The molecular weight excluding hydrogens is 228 g/mol. The second-order valence-corrected chi connectivity index (χ2v) is 5.81. The van der Waals surface area contributed by atoms with E-state index < -0.39 is 0 Å². The molecule has 2 aromatic rings. The largest absolute Gasteiger partial charge is 0.369 e. The molecule has 1 unspecified atom stereocenters. The third-order valence-electron chi connectivity index (χ3n) is 3.13. The number of aromatic nitrogens is 1. The number of anilines is 1. The molecule has 1 aliphatic heterocycles. The van der Waals surface area contributed by atoms with Crippen LogP contribution < -0.4 is 5.32 Å². The molecule has 1 saturated heterocycles. The van der Waals surface area contributed by atoms with E-state index in [1.807, 2.05) is 12.1 Å². The van der Waals surface area contributed by atoms with Crippen molar-refractivity contribution in [2.75, 3.05) is 17.6 Å². The van der Waals surface area contributed by atoms with Crippen LogP contribution >= 0.6 is 11.8 Å². The Hall–Kier alpha value is -1.22. The lowest BCUT2D eigenvalue weighted by molar-refractivity contribution is 0.804. The summed E-state index contributed by atoms with van der Waals surface area (Å²) in [6.07, 6.45) is 2.70. The van der Waals surface area contributed by atoms with E-state index in [0.717, 1.165) is 23.1 Å².